The minimum atomic E-state index is 0.767. The minimum absolute atomic E-state index is 0.767. The Bertz CT molecular complexity index is 347. The zero-order chi connectivity index (χ0) is 12.3. The maximum absolute atomic E-state index is 4.22. The summed E-state index contributed by atoms with van der Waals surface area (Å²) in [6.07, 6.45) is 7.21. The van der Waals surface area contributed by atoms with Crippen LogP contribution in [0.3, 0.4) is 0 Å². The Balaban J connectivity index is 1.99. The number of rotatable bonds is 4. The molecule has 3 unspecified atom stereocenters. The molecule has 96 valence electrons. The maximum atomic E-state index is 4.22. The van der Waals surface area contributed by atoms with Crippen molar-refractivity contribution < 1.29 is 0 Å². The van der Waals surface area contributed by atoms with Crippen LogP contribution in [0.2, 0.25) is 0 Å². The van der Waals surface area contributed by atoms with E-state index < -0.39 is 0 Å². The van der Waals surface area contributed by atoms with Gasteiger partial charge in [-0.25, -0.2) is 0 Å². The molecule has 1 saturated carbocycles. The Morgan fingerprint density at radius 2 is 2.24 bits per heavy atom. The van der Waals surface area contributed by atoms with Crippen molar-refractivity contribution in [3.8, 4) is 0 Å². The van der Waals surface area contributed by atoms with Crippen LogP contribution in [0, 0.1) is 17.8 Å². The molecular formula is C13H24N4. The molecule has 4 nitrogen and oxygen atoms in total. The van der Waals surface area contributed by atoms with Crippen molar-refractivity contribution in [1.82, 2.24) is 20.3 Å². The van der Waals surface area contributed by atoms with Gasteiger partial charge < -0.3 is 5.32 Å². The van der Waals surface area contributed by atoms with E-state index in [9.17, 15) is 0 Å². The lowest BCUT2D eigenvalue weighted by Crippen LogP contribution is -2.32. The molecule has 0 radical (unpaired) electrons. The zero-order valence-electron chi connectivity index (χ0n) is 11.2. The Morgan fingerprint density at radius 3 is 2.88 bits per heavy atom. The van der Waals surface area contributed by atoms with Gasteiger partial charge in [-0.1, -0.05) is 18.6 Å². The maximum Gasteiger partial charge on any atom is 0.0829 e. The van der Waals surface area contributed by atoms with Crippen LogP contribution in [0.5, 0.6) is 0 Å². The molecule has 2 rings (SSSR count). The normalized spacial score (nSPS) is 29.5. The molecule has 0 amide bonds. The van der Waals surface area contributed by atoms with Crippen molar-refractivity contribution >= 4 is 0 Å². The molecule has 1 aliphatic rings. The Labute approximate surface area is 104 Å². The molecule has 1 aromatic heterocycles. The van der Waals surface area contributed by atoms with Crippen molar-refractivity contribution in [2.24, 2.45) is 24.8 Å². The van der Waals surface area contributed by atoms with Gasteiger partial charge in [-0.2, -0.15) is 0 Å². The lowest BCUT2D eigenvalue weighted by atomic mass is 9.73. The van der Waals surface area contributed by atoms with Crippen LogP contribution in [0.1, 0.15) is 31.9 Å². The van der Waals surface area contributed by atoms with Crippen molar-refractivity contribution in [2.45, 2.75) is 32.6 Å². The van der Waals surface area contributed by atoms with E-state index in [0.717, 1.165) is 36.4 Å². The number of aromatic nitrogens is 3. The molecule has 0 aromatic carbocycles. The molecule has 1 aliphatic carbocycles. The van der Waals surface area contributed by atoms with Crippen LogP contribution in [0.4, 0.5) is 0 Å². The molecule has 1 N–H and O–H groups in total. The molecule has 1 heterocycles. The average Bonchev–Trinajstić information content (AvgIpc) is 2.68. The van der Waals surface area contributed by atoms with Gasteiger partial charge in [0, 0.05) is 13.2 Å². The van der Waals surface area contributed by atoms with Gasteiger partial charge >= 0.3 is 0 Å². The fourth-order valence-corrected chi connectivity index (χ4v) is 3.10. The first-order valence-corrected chi connectivity index (χ1v) is 6.68. The number of aryl methyl sites for hydroxylation is 1. The molecule has 4 heteroatoms. The first-order chi connectivity index (χ1) is 8.19. The van der Waals surface area contributed by atoms with E-state index in [2.05, 4.69) is 35.8 Å². The SMILES string of the molecule is CNCC1CCC(C)CC1Cc1cn(C)nn1. The quantitative estimate of drug-likeness (QED) is 0.864. The highest BCUT2D eigenvalue weighted by Crippen LogP contribution is 2.35. The molecule has 1 aromatic rings. The Morgan fingerprint density at radius 1 is 1.41 bits per heavy atom. The minimum Gasteiger partial charge on any atom is -0.319 e. The van der Waals surface area contributed by atoms with Crippen molar-refractivity contribution in [3.05, 3.63) is 11.9 Å². The Hall–Kier alpha value is -0.900. The van der Waals surface area contributed by atoms with Crippen molar-refractivity contribution in [2.75, 3.05) is 13.6 Å². The monoisotopic (exact) mass is 236 g/mol. The van der Waals surface area contributed by atoms with Crippen LogP contribution in [-0.2, 0) is 13.5 Å². The first-order valence-electron chi connectivity index (χ1n) is 6.68. The summed E-state index contributed by atoms with van der Waals surface area (Å²) in [5.74, 6) is 2.44. The molecule has 0 spiro atoms. The van der Waals surface area contributed by atoms with Crippen molar-refractivity contribution in [1.29, 1.82) is 0 Å². The number of hydrogen-bond donors (Lipinski definition) is 1. The van der Waals surface area contributed by atoms with Crippen molar-refractivity contribution in [3.63, 3.8) is 0 Å². The van der Waals surface area contributed by atoms with Crippen LogP contribution >= 0.6 is 0 Å². The van der Waals surface area contributed by atoms with E-state index in [1.165, 1.54) is 19.3 Å². The van der Waals surface area contributed by atoms with E-state index >= 15 is 0 Å². The van der Waals surface area contributed by atoms with Gasteiger partial charge in [-0.3, -0.25) is 4.68 Å². The summed E-state index contributed by atoms with van der Waals surface area (Å²) in [5.41, 5.74) is 1.15. The molecule has 1 fully saturated rings. The standard InChI is InChI=1S/C13H24N4/c1-10-4-5-11(8-14-2)12(6-10)7-13-9-17(3)16-15-13/h9-12,14H,4-8H2,1-3H3. The summed E-state index contributed by atoms with van der Waals surface area (Å²) in [7, 11) is 3.99. The first kappa shape index (κ1) is 12.6. The summed E-state index contributed by atoms with van der Waals surface area (Å²) in [6.45, 7) is 3.51. The molecule has 0 saturated heterocycles. The zero-order valence-corrected chi connectivity index (χ0v) is 11.2. The summed E-state index contributed by atoms with van der Waals surface area (Å²) < 4.78 is 1.80. The summed E-state index contributed by atoms with van der Waals surface area (Å²) in [5, 5.41) is 11.6. The number of hydrogen-bond acceptors (Lipinski definition) is 3. The van der Waals surface area contributed by atoms with E-state index in [0.29, 0.717) is 0 Å². The van der Waals surface area contributed by atoms with Gasteiger partial charge in [0.2, 0.25) is 0 Å². The second kappa shape index (κ2) is 5.63. The van der Waals surface area contributed by atoms with Gasteiger partial charge in [0.15, 0.2) is 0 Å². The van der Waals surface area contributed by atoms with Gasteiger partial charge in [0.05, 0.1) is 5.69 Å². The lowest BCUT2D eigenvalue weighted by molar-refractivity contribution is 0.185. The molecule has 0 bridgehead atoms. The number of nitrogens with one attached hydrogen (secondary N) is 1. The fourth-order valence-electron chi connectivity index (χ4n) is 3.10. The van der Waals surface area contributed by atoms with Gasteiger partial charge in [0.1, 0.15) is 0 Å². The summed E-state index contributed by atoms with van der Waals surface area (Å²) >= 11 is 0. The van der Waals surface area contributed by atoms with Crippen LogP contribution in [0.15, 0.2) is 6.20 Å². The van der Waals surface area contributed by atoms with E-state index in [1.54, 1.807) is 4.68 Å². The molecule has 0 aliphatic heterocycles. The van der Waals surface area contributed by atoms with Gasteiger partial charge in [0.25, 0.3) is 0 Å². The average molecular weight is 236 g/mol. The van der Waals surface area contributed by atoms with E-state index in [1.807, 2.05) is 7.05 Å². The summed E-state index contributed by atoms with van der Waals surface area (Å²) in [6, 6.07) is 0. The highest BCUT2D eigenvalue weighted by Gasteiger charge is 2.28. The Kier molecular flexibility index (Phi) is 4.15. The van der Waals surface area contributed by atoms with Crippen LogP contribution in [-0.4, -0.2) is 28.6 Å². The third kappa shape index (κ3) is 3.28. The largest absolute Gasteiger partial charge is 0.319 e. The second-order valence-electron chi connectivity index (χ2n) is 5.58. The molecule has 17 heavy (non-hydrogen) atoms. The fraction of sp³-hybridized carbons (Fsp3) is 0.846. The van der Waals surface area contributed by atoms with E-state index in [4.69, 9.17) is 0 Å². The third-order valence-electron chi connectivity index (χ3n) is 3.99. The molecular weight excluding hydrogens is 212 g/mol. The van der Waals surface area contributed by atoms with Crippen LogP contribution < -0.4 is 5.32 Å². The summed E-state index contributed by atoms with van der Waals surface area (Å²) in [4.78, 5) is 0. The molecule has 3 atom stereocenters. The highest BCUT2D eigenvalue weighted by atomic mass is 15.4. The second-order valence-corrected chi connectivity index (χ2v) is 5.58. The van der Waals surface area contributed by atoms with Gasteiger partial charge in [-0.05, 0) is 50.6 Å². The predicted molar refractivity (Wildman–Crippen MR) is 68.6 cm³/mol. The topological polar surface area (TPSA) is 42.7 Å². The predicted octanol–water partition coefficient (Wildman–Crippen LogP) is 1.63. The smallest absolute Gasteiger partial charge is 0.0829 e. The van der Waals surface area contributed by atoms with Gasteiger partial charge in [-0.15, -0.1) is 5.10 Å². The highest BCUT2D eigenvalue weighted by molar-refractivity contribution is 4.96. The van der Waals surface area contributed by atoms with Crippen LogP contribution in [0.25, 0.3) is 0 Å². The third-order valence-corrected chi connectivity index (χ3v) is 3.99. The number of nitrogens with zero attached hydrogens (tertiary/aromatic N) is 3. The van der Waals surface area contributed by atoms with E-state index in [-0.39, 0.29) is 0 Å². The lowest BCUT2D eigenvalue weighted by Gasteiger charge is -2.34.